The van der Waals surface area contributed by atoms with E-state index in [4.69, 9.17) is 0 Å². The molecule has 144 valence electrons. The third-order valence-corrected chi connectivity index (χ3v) is 4.70. The maximum absolute atomic E-state index is 12.6. The number of nitro benzene ring substituents is 1. The summed E-state index contributed by atoms with van der Waals surface area (Å²) in [5, 5.41) is 18.5. The predicted molar refractivity (Wildman–Crippen MR) is 108 cm³/mol. The van der Waals surface area contributed by atoms with E-state index in [1.54, 1.807) is 19.1 Å². The van der Waals surface area contributed by atoms with Gasteiger partial charge in [0.25, 0.3) is 11.6 Å². The fraction of sp³-hybridized carbons (Fsp3) is 0.238. The lowest BCUT2D eigenvalue weighted by atomic mass is 10.1. The number of nitrogens with zero attached hydrogens (tertiary/aromatic N) is 3. The molecule has 2 aromatic carbocycles. The van der Waals surface area contributed by atoms with Crippen molar-refractivity contribution in [3.05, 3.63) is 86.2 Å². The van der Waals surface area contributed by atoms with Gasteiger partial charge in [-0.25, -0.2) is 0 Å². The normalized spacial score (nSPS) is 10.7. The number of benzene rings is 2. The third-order valence-electron chi connectivity index (χ3n) is 4.70. The Bertz CT molecular complexity index is 1070. The Hall–Kier alpha value is -3.48. The van der Waals surface area contributed by atoms with Crippen LogP contribution in [0, 0.1) is 37.8 Å². The van der Waals surface area contributed by atoms with Gasteiger partial charge in [0, 0.05) is 17.2 Å². The van der Waals surface area contributed by atoms with Crippen LogP contribution in [-0.4, -0.2) is 20.6 Å². The smallest absolute Gasteiger partial charge is 0.273 e. The molecule has 7 heteroatoms. The molecule has 1 amide bonds. The molecule has 7 nitrogen and oxygen atoms in total. The molecule has 1 aromatic heterocycles. The summed E-state index contributed by atoms with van der Waals surface area (Å²) in [6.07, 6.45) is 0. The maximum Gasteiger partial charge on any atom is 0.273 e. The van der Waals surface area contributed by atoms with Crippen molar-refractivity contribution in [2.45, 2.75) is 34.2 Å². The molecule has 0 bridgehead atoms. The summed E-state index contributed by atoms with van der Waals surface area (Å²) in [6.45, 7) is 8.00. The van der Waals surface area contributed by atoms with Crippen LogP contribution in [0.5, 0.6) is 0 Å². The molecule has 0 spiro atoms. The molecular weight excluding hydrogens is 356 g/mol. The molecule has 0 unspecified atom stereocenters. The van der Waals surface area contributed by atoms with E-state index in [-0.39, 0.29) is 11.3 Å². The number of rotatable bonds is 5. The lowest BCUT2D eigenvalue weighted by Crippen LogP contribution is -2.14. The van der Waals surface area contributed by atoms with Gasteiger partial charge in [0.15, 0.2) is 0 Å². The van der Waals surface area contributed by atoms with Crippen LogP contribution in [0.4, 0.5) is 11.4 Å². The van der Waals surface area contributed by atoms with Crippen LogP contribution in [0.25, 0.3) is 0 Å². The first-order chi connectivity index (χ1) is 13.3. The van der Waals surface area contributed by atoms with Gasteiger partial charge in [0.1, 0.15) is 0 Å². The van der Waals surface area contributed by atoms with Gasteiger partial charge in [-0.05, 0) is 39.3 Å². The Morgan fingerprint density at radius 1 is 1.14 bits per heavy atom. The van der Waals surface area contributed by atoms with Crippen molar-refractivity contribution >= 4 is 17.3 Å². The topological polar surface area (TPSA) is 90.1 Å². The number of aryl methyl sites for hydroxylation is 3. The number of carbonyl (C=O) groups is 1. The lowest BCUT2D eigenvalue weighted by Gasteiger charge is -2.08. The van der Waals surface area contributed by atoms with E-state index in [0.717, 1.165) is 11.3 Å². The standard InChI is InChI=1S/C21H22N4O3/c1-13-6-5-7-17(10-13)12-24-16(4)20(15(3)23-24)22-21(26)18-9-8-14(2)19(11-18)25(27)28/h5-11H,12H2,1-4H3,(H,22,26). The Balaban J connectivity index is 1.85. The molecule has 0 radical (unpaired) electrons. The lowest BCUT2D eigenvalue weighted by molar-refractivity contribution is -0.385. The molecule has 3 rings (SSSR count). The van der Waals surface area contributed by atoms with Crippen molar-refractivity contribution < 1.29 is 9.72 Å². The molecule has 0 aliphatic heterocycles. The van der Waals surface area contributed by atoms with E-state index in [1.807, 2.05) is 43.7 Å². The van der Waals surface area contributed by atoms with Crippen LogP contribution < -0.4 is 5.32 Å². The summed E-state index contributed by atoms with van der Waals surface area (Å²) in [6, 6.07) is 12.6. The molecule has 0 saturated heterocycles. The average molecular weight is 378 g/mol. The predicted octanol–water partition coefficient (Wildman–Crippen LogP) is 4.33. The van der Waals surface area contributed by atoms with Crippen molar-refractivity contribution in [3.63, 3.8) is 0 Å². The summed E-state index contributed by atoms with van der Waals surface area (Å²) >= 11 is 0. The Labute approximate surface area is 163 Å². The van der Waals surface area contributed by atoms with Gasteiger partial charge in [-0.3, -0.25) is 19.6 Å². The van der Waals surface area contributed by atoms with Gasteiger partial charge >= 0.3 is 0 Å². The third kappa shape index (κ3) is 3.93. The average Bonchev–Trinajstić information content (AvgIpc) is 2.89. The molecule has 0 saturated carbocycles. The highest BCUT2D eigenvalue weighted by molar-refractivity contribution is 6.05. The zero-order chi connectivity index (χ0) is 20.4. The minimum absolute atomic E-state index is 0.0729. The quantitative estimate of drug-likeness (QED) is 0.529. The molecule has 0 fully saturated rings. The van der Waals surface area contributed by atoms with Gasteiger partial charge in [0.2, 0.25) is 0 Å². The highest BCUT2D eigenvalue weighted by Crippen LogP contribution is 2.23. The van der Waals surface area contributed by atoms with E-state index in [0.29, 0.717) is 23.5 Å². The van der Waals surface area contributed by atoms with Crippen LogP contribution in [0.1, 0.15) is 38.4 Å². The van der Waals surface area contributed by atoms with E-state index >= 15 is 0 Å². The molecule has 28 heavy (non-hydrogen) atoms. The van der Waals surface area contributed by atoms with Crippen molar-refractivity contribution in [1.29, 1.82) is 0 Å². The van der Waals surface area contributed by atoms with Crippen molar-refractivity contribution in [2.24, 2.45) is 0 Å². The number of aromatic nitrogens is 2. The Morgan fingerprint density at radius 2 is 1.89 bits per heavy atom. The molecule has 3 aromatic rings. The summed E-state index contributed by atoms with van der Waals surface area (Å²) < 4.78 is 1.84. The van der Waals surface area contributed by atoms with E-state index in [2.05, 4.69) is 16.5 Å². The Morgan fingerprint density at radius 3 is 2.57 bits per heavy atom. The summed E-state index contributed by atoms with van der Waals surface area (Å²) in [4.78, 5) is 23.3. The van der Waals surface area contributed by atoms with E-state index in [1.165, 1.54) is 11.6 Å². The Kier molecular flexibility index (Phi) is 5.26. The highest BCUT2D eigenvalue weighted by Gasteiger charge is 2.18. The number of carbonyl (C=O) groups excluding carboxylic acids is 1. The first kappa shape index (κ1) is 19.3. The number of nitrogens with one attached hydrogen (secondary N) is 1. The zero-order valence-electron chi connectivity index (χ0n) is 16.3. The van der Waals surface area contributed by atoms with Crippen LogP contribution in [0.3, 0.4) is 0 Å². The summed E-state index contributed by atoms with van der Waals surface area (Å²) in [5.74, 6) is -0.399. The largest absolute Gasteiger partial charge is 0.319 e. The first-order valence-electron chi connectivity index (χ1n) is 8.92. The van der Waals surface area contributed by atoms with Crippen LogP contribution in [0.15, 0.2) is 42.5 Å². The zero-order valence-corrected chi connectivity index (χ0v) is 16.3. The van der Waals surface area contributed by atoms with Crippen molar-refractivity contribution in [1.82, 2.24) is 9.78 Å². The number of anilines is 1. The second-order valence-corrected chi connectivity index (χ2v) is 6.91. The fourth-order valence-corrected chi connectivity index (χ4v) is 3.15. The van der Waals surface area contributed by atoms with Gasteiger partial charge in [-0.2, -0.15) is 5.10 Å². The first-order valence-corrected chi connectivity index (χ1v) is 8.92. The van der Waals surface area contributed by atoms with Gasteiger partial charge in [-0.1, -0.05) is 35.9 Å². The second kappa shape index (κ2) is 7.64. The molecule has 0 atom stereocenters. The summed E-state index contributed by atoms with van der Waals surface area (Å²) in [7, 11) is 0. The number of nitro groups is 1. The fourth-order valence-electron chi connectivity index (χ4n) is 3.15. The molecule has 0 aliphatic carbocycles. The number of hydrogen-bond donors (Lipinski definition) is 1. The minimum Gasteiger partial charge on any atom is -0.319 e. The number of amides is 1. The van der Waals surface area contributed by atoms with Crippen LogP contribution in [-0.2, 0) is 6.54 Å². The van der Waals surface area contributed by atoms with E-state index < -0.39 is 10.8 Å². The van der Waals surface area contributed by atoms with Crippen molar-refractivity contribution in [3.8, 4) is 0 Å². The van der Waals surface area contributed by atoms with Crippen LogP contribution >= 0.6 is 0 Å². The molecule has 0 aliphatic rings. The monoisotopic (exact) mass is 378 g/mol. The molecule has 1 heterocycles. The van der Waals surface area contributed by atoms with E-state index in [9.17, 15) is 14.9 Å². The van der Waals surface area contributed by atoms with Crippen molar-refractivity contribution in [2.75, 3.05) is 5.32 Å². The van der Waals surface area contributed by atoms with Crippen LogP contribution in [0.2, 0.25) is 0 Å². The van der Waals surface area contributed by atoms with Gasteiger partial charge < -0.3 is 5.32 Å². The number of hydrogen-bond acceptors (Lipinski definition) is 4. The maximum atomic E-state index is 12.6. The minimum atomic E-state index is -0.484. The molecular formula is C21H22N4O3. The van der Waals surface area contributed by atoms with Gasteiger partial charge in [0.05, 0.1) is 28.5 Å². The highest BCUT2D eigenvalue weighted by atomic mass is 16.6. The summed E-state index contributed by atoms with van der Waals surface area (Å²) in [5.41, 5.74) is 5.12. The SMILES string of the molecule is Cc1cccc(Cn2nc(C)c(NC(=O)c3ccc(C)c([N+](=O)[O-])c3)c2C)c1. The van der Waals surface area contributed by atoms with Gasteiger partial charge in [-0.15, -0.1) is 0 Å². The molecule has 1 N–H and O–H groups in total. The second-order valence-electron chi connectivity index (χ2n) is 6.91.